The molecule has 0 aliphatic heterocycles. The van der Waals surface area contributed by atoms with Crippen molar-refractivity contribution in [3.8, 4) is 0 Å². The minimum Gasteiger partial charge on any atom is -0.367 e. The molecule has 0 radical (unpaired) electrons. The number of hydrogen-bond acceptors (Lipinski definition) is 7. The molecular weight excluding hydrogens is 278 g/mol. The molecule has 0 aromatic carbocycles. The minimum atomic E-state index is -0.443. The Kier molecular flexibility index (Phi) is 4.99. The van der Waals surface area contributed by atoms with E-state index in [1.165, 1.54) is 6.33 Å². The summed E-state index contributed by atoms with van der Waals surface area (Å²) in [7, 11) is 1.61. The fourth-order valence-electron chi connectivity index (χ4n) is 2.49. The second kappa shape index (κ2) is 6.74. The van der Waals surface area contributed by atoms with Gasteiger partial charge in [-0.1, -0.05) is 6.92 Å². The first-order valence-corrected chi connectivity index (χ1v) is 7.75. The topological polar surface area (TPSA) is 93.0 Å². The van der Waals surface area contributed by atoms with Crippen LogP contribution in [0.25, 0.3) is 0 Å². The van der Waals surface area contributed by atoms with Gasteiger partial charge in [-0.15, -0.1) is 0 Å². The van der Waals surface area contributed by atoms with Gasteiger partial charge in [0.15, 0.2) is 0 Å². The summed E-state index contributed by atoms with van der Waals surface area (Å²) in [6.45, 7) is 2.15. The van der Waals surface area contributed by atoms with Crippen LogP contribution in [0.3, 0.4) is 0 Å². The summed E-state index contributed by atoms with van der Waals surface area (Å²) in [5, 5.41) is 17.8. The number of nitrogens with one attached hydrogen (secondary N) is 2. The lowest BCUT2D eigenvalue weighted by molar-refractivity contribution is -0.383. The molecule has 8 heteroatoms. The normalized spacial score (nSPS) is 21.7. The van der Waals surface area contributed by atoms with Gasteiger partial charge in [0.05, 0.1) is 4.92 Å². The van der Waals surface area contributed by atoms with Crippen LogP contribution >= 0.6 is 11.8 Å². The Balaban J connectivity index is 2.12. The molecule has 1 heterocycles. The zero-order valence-corrected chi connectivity index (χ0v) is 12.4. The first kappa shape index (κ1) is 14.8. The summed E-state index contributed by atoms with van der Waals surface area (Å²) in [6.07, 6.45) is 4.53. The highest BCUT2D eigenvalue weighted by atomic mass is 32.2. The van der Waals surface area contributed by atoms with E-state index < -0.39 is 4.92 Å². The van der Waals surface area contributed by atoms with Crippen LogP contribution in [-0.4, -0.2) is 39.0 Å². The highest BCUT2D eigenvalue weighted by molar-refractivity contribution is 7.99. The average Bonchev–Trinajstić information content (AvgIpc) is 2.86. The SMILES string of the molecule is CCSC1CCC(Nc2ncnc(NC)c2[N+](=O)[O-])C1. The molecule has 1 fully saturated rings. The van der Waals surface area contributed by atoms with Crippen LogP contribution in [0.2, 0.25) is 0 Å². The molecule has 2 unspecified atom stereocenters. The minimum absolute atomic E-state index is 0.0819. The molecule has 2 rings (SSSR count). The fourth-order valence-corrected chi connectivity index (χ4v) is 3.63. The fraction of sp³-hybridized carbons (Fsp3) is 0.667. The Labute approximate surface area is 122 Å². The van der Waals surface area contributed by atoms with Crippen molar-refractivity contribution in [2.75, 3.05) is 23.4 Å². The molecule has 2 atom stereocenters. The first-order chi connectivity index (χ1) is 9.65. The molecule has 2 N–H and O–H groups in total. The van der Waals surface area contributed by atoms with E-state index in [1.807, 2.05) is 11.8 Å². The van der Waals surface area contributed by atoms with Crippen molar-refractivity contribution in [3.63, 3.8) is 0 Å². The second-order valence-corrected chi connectivity index (χ2v) is 6.24. The predicted molar refractivity (Wildman–Crippen MR) is 81.4 cm³/mol. The van der Waals surface area contributed by atoms with Gasteiger partial charge in [0, 0.05) is 18.3 Å². The third kappa shape index (κ3) is 3.30. The van der Waals surface area contributed by atoms with Gasteiger partial charge in [-0.25, -0.2) is 9.97 Å². The van der Waals surface area contributed by atoms with Crippen molar-refractivity contribution in [1.29, 1.82) is 0 Å². The monoisotopic (exact) mass is 297 g/mol. The third-order valence-electron chi connectivity index (χ3n) is 3.37. The Morgan fingerprint density at radius 1 is 1.45 bits per heavy atom. The van der Waals surface area contributed by atoms with E-state index >= 15 is 0 Å². The molecule has 1 aliphatic carbocycles. The third-order valence-corrected chi connectivity index (χ3v) is 4.60. The van der Waals surface area contributed by atoms with Crippen molar-refractivity contribution in [3.05, 3.63) is 16.4 Å². The Bertz CT molecular complexity index is 485. The molecule has 1 aromatic heterocycles. The van der Waals surface area contributed by atoms with Gasteiger partial charge < -0.3 is 10.6 Å². The van der Waals surface area contributed by atoms with Crippen LogP contribution in [0.15, 0.2) is 6.33 Å². The highest BCUT2D eigenvalue weighted by Crippen LogP contribution is 2.34. The standard InChI is InChI=1S/C12H19N5O2S/c1-3-20-9-5-4-8(6-9)16-12-10(17(18)19)11(13-2)14-7-15-12/h7-9H,3-6H2,1-2H3,(H2,13,14,15,16). The number of rotatable bonds is 6. The van der Waals surface area contributed by atoms with Crippen LogP contribution in [0.1, 0.15) is 26.2 Å². The average molecular weight is 297 g/mol. The van der Waals surface area contributed by atoms with Gasteiger partial charge in [0.2, 0.25) is 11.6 Å². The quantitative estimate of drug-likeness (QED) is 0.615. The number of nitrogens with zero attached hydrogens (tertiary/aromatic N) is 3. The van der Waals surface area contributed by atoms with Crippen molar-refractivity contribution >= 4 is 29.1 Å². The zero-order chi connectivity index (χ0) is 14.5. The Morgan fingerprint density at radius 3 is 2.85 bits per heavy atom. The Hall–Kier alpha value is -1.57. The second-order valence-electron chi connectivity index (χ2n) is 4.66. The largest absolute Gasteiger partial charge is 0.367 e. The molecule has 0 amide bonds. The van der Waals surface area contributed by atoms with Gasteiger partial charge in [-0.3, -0.25) is 10.1 Å². The molecule has 1 aromatic rings. The molecule has 0 saturated heterocycles. The summed E-state index contributed by atoms with van der Waals surface area (Å²) in [4.78, 5) is 18.7. The zero-order valence-electron chi connectivity index (χ0n) is 11.6. The maximum atomic E-state index is 11.2. The number of anilines is 2. The summed E-state index contributed by atoms with van der Waals surface area (Å²) in [5.74, 6) is 1.65. The van der Waals surface area contributed by atoms with Crippen LogP contribution in [-0.2, 0) is 0 Å². The predicted octanol–water partition coefficient (Wildman–Crippen LogP) is 2.51. The van der Waals surface area contributed by atoms with Crippen molar-refractivity contribution < 1.29 is 4.92 Å². The number of nitro groups is 1. The summed E-state index contributed by atoms with van der Waals surface area (Å²) in [5.41, 5.74) is -0.0819. The number of thioether (sulfide) groups is 1. The van der Waals surface area contributed by atoms with Gasteiger partial charge in [0.25, 0.3) is 0 Å². The van der Waals surface area contributed by atoms with Crippen LogP contribution < -0.4 is 10.6 Å². The van der Waals surface area contributed by atoms with E-state index in [-0.39, 0.29) is 17.5 Å². The van der Waals surface area contributed by atoms with E-state index in [4.69, 9.17) is 0 Å². The van der Waals surface area contributed by atoms with Crippen LogP contribution in [0.4, 0.5) is 17.3 Å². The van der Waals surface area contributed by atoms with E-state index in [2.05, 4.69) is 27.5 Å². The molecule has 0 bridgehead atoms. The molecule has 1 saturated carbocycles. The summed E-state index contributed by atoms with van der Waals surface area (Å²) < 4.78 is 0. The Morgan fingerprint density at radius 2 is 2.20 bits per heavy atom. The molecule has 7 nitrogen and oxygen atoms in total. The van der Waals surface area contributed by atoms with Crippen molar-refractivity contribution in [2.45, 2.75) is 37.5 Å². The van der Waals surface area contributed by atoms with E-state index in [9.17, 15) is 10.1 Å². The molecule has 0 spiro atoms. The van der Waals surface area contributed by atoms with Crippen LogP contribution in [0, 0.1) is 10.1 Å². The van der Waals surface area contributed by atoms with E-state index in [1.54, 1.807) is 7.05 Å². The molecular formula is C12H19N5O2S. The lowest BCUT2D eigenvalue weighted by Crippen LogP contribution is -2.18. The van der Waals surface area contributed by atoms with Crippen LogP contribution in [0.5, 0.6) is 0 Å². The maximum Gasteiger partial charge on any atom is 0.353 e. The summed E-state index contributed by atoms with van der Waals surface area (Å²) in [6, 6.07) is 0.248. The maximum absolute atomic E-state index is 11.2. The van der Waals surface area contributed by atoms with Gasteiger partial charge in [-0.2, -0.15) is 11.8 Å². The van der Waals surface area contributed by atoms with Gasteiger partial charge in [-0.05, 0) is 25.0 Å². The van der Waals surface area contributed by atoms with E-state index in [0.717, 1.165) is 25.0 Å². The van der Waals surface area contributed by atoms with Crippen molar-refractivity contribution in [1.82, 2.24) is 9.97 Å². The lowest BCUT2D eigenvalue weighted by atomic mass is 10.2. The highest BCUT2D eigenvalue weighted by Gasteiger charge is 2.28. The van der Waals surface area contributed by atoms with Gasteiger partial charge >= 0.3 is 5.69 Å². The molecule has 1 aliphatic rings. The lowest BCUT2D eigenvalue weighted by Gasteiger charge is -2.14. The van der Waals surface area contributed by atoms with E-state index in [0.29, 0.717) is 11.1 Å². The first-order valence-electron chi connectivity index (χ1n) is 6.71. The summed E-state index contributed by atoms with van der Waals surface area (Å²) >= 11 is 1.95. The molecule has 110 valence electrons. The van der Waals surface area contributed by atoms with Crippen molar-refractivity contribution in [2.24, 2.45) is 0 Å². The molecule has 20 heavy (non-hydrogen) atoms. The smallest absolute Gasteiger partial charge is 0.353 e. The number of hydrogen-bond donors (Lipinski definition) is 2. The number of aromatic nitrogens is 2. The van der Waals surface area contributed by atoms with Gasteiger partial charge in [0.1, 0.15) is 6.33 Å².